The van der Waals surface area contributed by atoms with Gasteiger partial charge in [0.25, 0.3) is 0 Å². The average Bonchev–Trinajstić information content (AvgIpc) is 2.88. The van der Waals surface area contributed by atoms with Crippen molar-refractivity contribution in [2.45, 2.75) is 18.5 Å². The van der Waals surface area contributed by atoms with E-state index in [2.05, 4.69) is 0 Å². The van der Waals surface area contributed by atoms with Gasteiger partial charge in [0.1, 0.15) is 5.75 Å². The van der Waals surface area contributed by atoms with Crippen LogP contribution in [0, 0.1) is 0 Å². The Hall–Kier alpha value is -3.00. The van der Waals surface area contributed by atoms with E-state index in [1.165, 1.54) is 13.2 Å². The van der Waals surface area contributed by atoms with Crippen LogP contribution >= 0.6 is 0 Å². The Bertz CT molecular complexity index is 969. The lowest BCUT2D eigenvalue weighted by Crippen LogP contribution is -2.29. The minimum Gasteiger partial charge on any atom is -0.497 e. The number of alkyl halides is 3. The van der Waals surface area contributed by atoms with E-state index in [0.717, 1.165) is 12.1 Å². The zero-order valence-corrected chi connectivity index (χ0v) is 17.6. The van der Waals surface area contributed by atoms with Crippen LogP contribution in [0.1, 0.15) is 22.6 Å². The number of fused-ring (bicyclic) bond motifs is 1. The highest BCUT2D eigenvalue weighted by molar-refractivity contribution is 5.90. The van der Waals surface area contributed by atoms with Crippen LogP contribution in [-0.4, -0.2) is 50.3 Å². The predicted octanol–water partition coefficient (Wildman–Crippen LogP) is 4.39. The number of rotatable bonds is 6. The summed E-state index contributed by atoms with van der Waals surface area (Å²) in [5.74, 6) is -1.08. The number of hydrogen-bond donors (Lipinski definition) is 1. The molecule has 1 aliphatic heterocycles. The monoisotopic (exact) mass is 434 g/mol. The average molecular weight is 434 g/mol. The summed E-state index contributed by atoms with van der Waals surface area (Å²) in [5.41, 5.74) is 1.14. The molecule has 1 aliphatic rings. The van der Waals surface area contributed by atoms with Gasteiger partial charge in [-0.2, -0.15) is 13.2 Å². The minimum atomic E-state index is -4.48. The fraction of sp³-hybridized carbons (Fsp3) is 0.348. The van der Waals surface area contributed by atoms with Crippen molar-refractivity contribution in [3.8, 4) is 5.75 Å². The van der Waals surface area contributed by atoms with Gasteiger partial charge in [0.15, 0.2) is 0 Å². The van der Waals surface area contributed by atoms with E-state index in [0.29, 0.717) is 35.7 Å². The third-order valence-corrected chi connectivity index (χ3v) is 5.36. The topological polar surface area (TPSA) is 53.0 Å². The quantitative estimate of drug-likeness (QED) is 0.731. The highest BCUT2D eigenvalue weighted by atomic mass is 19.4. The third-order valence-electron chi connectivity index (χ3n) is 5.36. The molecule has 0 aliphatic carbocycles. The van der Waals surface area contributed by atoms with Crippen molar-refractivity contribution >= 4 is 11.7 Å². The molecule has 2 aromatic carbocycles. The highest BCUT2D eigenvalue weighted by Crippen LogP contribution is 2.40. The summed E-state index contributed by atoms with van der Waals surface area (Å²) in [4.78, 5) is 15.8. The van der Waals surface area contributed by atoms with E-state index in [1.807, 2.05) is 19.0 Å². The molecule has 0 fully saturated rings. The lowest BCUT2D eigenvalue weighted by Gasteiger charge is -2.24. The lowest BCUT2D eigenvalue weighted by molar-refractivity contribution is -0.137. The van der Waals surface area contributed by atoms with Gasteiger partial charge in [-0.1, -0.05) is 12.1 Å². The molecular weight excluding hydrogens is 409 g/mol. The Morgan fingerprint density at radius 3 is 2.42 bits per heavy atom. The predicted molar refractivity (Wildman–Crippen MR) is 113 cm³/mol. The molecule has 0 aromatic heterocycles. The normalized spacial score (nSPS) is 16.5. The Morgan fingerprint density at radius 1 is 1.19 bits per heavy atom. The molecule has 3 rings (SSSR count). The Balaban J connectivity index is 2.13. The maximum Gasteiger partial charge on any atom is 0.416 e. The van der Waals surface area contributed by atoms with Crippen LogP contribution in [0.2, 0.25) is 0 Å². The Morgan fingerprint density at radius 2 is 1.87 bits per heavy atom. The number of carboxylic acids is 1. The van der Waals surface area contributed by atoms with E-state index >= 15 is 0 Å². The first-order chi connectivity index (χ1) is 14.6. The molecule has 1 N–H and O–H groups in total. The largest absolute Gasteiger partial charge is 0.497 e. The van der Waals surface area contributed by atoms with Crippen LogP contribution < -0.4 is 9.64 Å². The van der Waals surface area contributed by atoms with Gasteiger partial charge in [-0.3, -0.25) is 0 Å². The van der Waals surface area contributed by atoms with Crippen molar-refractivity contribution in [1.82, 2.24) is 4.90 Å². The lowest BCUT2D eigenvalue weighted by atomic mass is 9.86. The second kappa shape index (κ2) is 9.01. The summed E-state index contributed by atoms with van der Waals surface area (Å²) in [6, 6.07) is 10.6. The molecule has 0 spiro atoms. The van der Waals surface area contributed by atoms with Crippen LogP contribution in [0.5, 0.6) is 5.75 Å². The van der Waals surface area contributed by atoms with Gasteiger partial charge in [-0.15, -0.1) is 0 Å². The highest BCUT2D eigenvalue weighted by Gasteiger charge is 2.34. The summed E-state index contributed by atoms with van der Waals surface area (Å²) in [7, 11) is 5.29. The zero-order chi connectivity index (χ0) is 22.8. The molecule has 0 radical (unpaired) electrons. The minimum absolute atomic E-state index is 0.133. The van der Waals surface area contributed by atoms with Crippen LogP contribution in [0.15, 0.2) is 54.2 Å². The van der Waals surface area contributed by atoms with E-state index in [4.69, 9.17) is 4.74 Å². The second-order valence-corrected chi connectivity index (χ2v) is 7.76. The van der Waals surface area contributed by atoms with E-state index < -0.39 is 23.6 Å². The van der Waals surface area contributed by atoms with Crippen molar-refractivity contribution in [3.63, 3.8) is 0 Å². The summed E-state index contributed by atoms with van der Waals surface area (Å²) in [6.45, 7) is 1.05. The molecule has 166 valence electrons. The first-order valence-electron chi connectivity index (χ1n) is 9.80. The summed E-state index contributed by atoms with van der Waals surface area (Å²) < 4.78 is 45.3. The van der Waals surface area contributed by atoms with Gasteiger partial charge >= 0.3 is 12.1 Å². The van der Waals surface area contributed by atoms with Gasteiger partial charge in [0.05, 0.1) is 18.2 Å². The molecule has 1 unspecified atom stereocenters. The van der Waals surface area contributed by atoms with Crippen molar-refractivity contribution in [2.24, 2.45) is 0 Å². The van der Waals surface area contributed by atoms with Gasteiger partial charge in [0.2, 0.25) is 0 Å². The smallest absolute Gasteiger partial charge is 0.416 e. The summed E-state index contributed by atoms with van der Waals surface area (Å²) in [5, 5.41) is 9.94. The van der Waals surface area contributed by atoms with Crippen molar-refractivity contribution in [3.05, 3.63) is 70.9 Å². The Labute approximate surface area is 179 Å². The zero-order valence-electron chi connectivity index (χ0n) is 17.6. The Kier molecular flexibility index (Phi) is 6.59. The number of likely N-dealkylation sites (N-methyl/N-ethyl adjacent to an activating group) is 1. The molecule has 0 amide bonds. The number of carboxylic acid groups (broad SMARTS) is 1. The SMILES string of the molecule is COc1ccc(C2Cc3cc(C(F)(F)F)ccc3N(CCN(C)C)C=C2C(=O)O)cc1. The number of methoxy groups -OCH3 is 1. The number of halogens is 3. The van der Waals surface area contributed by atoms with Crippen LogP contribution in [-0.2, 0) is 17.4 Å². The molecular formula is C23H25F3N2O3. The second-order valence-electron chi connectivity index (χ2n) is 7.76. The standard InChI is InChI=1S/C23H25F3N2O3/c1-27(2)10-11-28-14-20(22(29)30)19(15-4-7-18(31-3)8-5-15)13-16-12-17(23(24,25)26)6-9-21(16)28/h4-9,12,14,19H,10-11,13H2,1-3H3,(H,29,30). The van der Waals surface area contributed by atoms with E-state index in [9.17, 15) is 23.1 Å². The molecule has 0 bridgehead atoms. The van der Waals surface area contributed by atoms with E-state index in [-0.39, 0.29) is 12.0 Å². The maximum atomic E-state index is 13.4. The first-order valence-corrected chi connectivity index (χ1v) is 9.80. The molecule has 0 saturated heterocycles. The first kappa shape index (κ1) is 22.7. The van der Waals surface area contributed by atoms with Gasteiger partial charge in [-0.25, -0.2) is 4.79 Å². The van der Waals surface area contributed by atoms with Crippen LogP contribution in [0.3, 0.4) is 0 Å². The number of nitrogens with zero attached hydrogens (tertiary/aromatic N) is 2. The van der Waals surface area contributed by atoms with Gasteiger partial charge < -0.3 is 19.6 Å². The van der Waals surface area contributed by atoms with Crippen LogP contribution in [0.25, 0.3) is 0 Å². The molecule has 31 heavy (non-hydrogen) atoms. The van der Waals surface area contributed by atoms with Crippen molar-refractivity contribution in [1.29, 1.82) is 0 Å². The molecule has 1 heterocycles. The number of ether oxygens (including phenoxy) is 1. The number of hydrogen-bond acceptors (Lipinski definition) is 4. The molecule has 1 atom stereocenters. The maximum absolute atomic E-state index is 13.4. The molecule has 5 nitrogen and oxygen atoms in total. The number of aliphatic carboxylic acids is 1. The van der Waals surface area contributed by atoms with Crippen LogP contribution in [0.4, 0.5) is 18.9 Å². The number of benzene rings is 2. The fourth-order valence-corrected chi connectivity index (χ4v) is 3.69. The van der Waals surface area contributed by atoms with Gasteiger partial charge in [0, 0.05) is 30.9 Å². The molecule has 8 heteroatoms. The molecule has 2 aromatic rings. The molecule has 0 saturated carbocycles. The van der Waals surface area contributed by atoms with Crippen molar-refractivity contribution < 1.29 is 27.8 Å². The summed E-state index contributed by atoms with van der Waals surface area (Å²) >= 11 is 0. The number of carbonyl (C=O) groups is 1. The number of anilines is 1. The van der Waals surface area contributed by atoms with Gasteiger partial charge in [-0.05, 0) is 62.0 Å². The summed E-state index contributed by atoms with van der Waals surface area (Å²) in [6.07, 6.45) is -2.78. The third kappa shape index (κ3) is 5.19. The van der Waals surface area contributed by atoms with Crippen molar-refractivity contribution in [2.75, 3.05) is 39.2 Å². The fourth-order valence-electron chi connectivity index (χ4n) is 3.69. The van der Waals surface area contributed by atoms with E-state index in [1.54, 1.807) is 35.4 Å².